The lowest BCUT2D eigenvalue weighted by Crippen LogP contribution is -2.15. The third kappa shape index (κ3) is 2.94. The summed E-state index contributed by atoms with van der Waals surface area (Å²) in [6.07, 6.45) is 1.58. The first kappa shape index (κ1) is 13.4. The van der Waals surface area contributed by atoms with Crippen LogP contribution in [-0.4, -0.2) is 23.3 Å². The van der Waals surface area contributed by atoms with Crippen molar-refractivity contribution in [1.82, 2.24) is 4.98 Å². The van der Waals surface area contributed by atoms with Gasteiger partial charge in [0.05, 0.1) is 6.10 Å². The Morgan fingerprint density at radius 1 is 1.15 bits per heavy atom. The van der Waals surface area contributed by atoms with Crippen LogP contribution in [0.1, 0.15) is 17.4 Å². The van der Waals surface area contributed by atoms with Crippen molar-refractivity contribution in [3.05, 3.63) is 52.3 Å². The summed E-state index contributed by atoms with van der Waals surface area (Å²) in [6, 6.07) is 9.33. The Morgan fingerprint density at radius 3 is 2.70 bits per heavy atom. The van der Waals surface area contributed by atoms with Gasteiger partial charge in [0.2, 0.25) is 0 Å². The fraction of sp³-hybridized carbons (Fsp3) is 0.267. The van der Waals surface area contributed by atoms with Gasteiger partial charge in [0, 0.05) is 22.8 Å². The second-order valence-corrected chi connectivity index (χ2v) is 5.51. The summed E-state index contributed by atoms with van der Waals surface area (Å²) in [5, 5.41) is 10.3. The number of hydrogen-bond donors (Lipinski definition) is 1. The van der Waals surface area contributed by atoms with Crippen LogP contribution in [0.2, 0.25) is 0 Å². The number of aliphatic hydroxyl groups is 1. The number of aromatic nitrogens is 1. The molecule has 4 nitrogen and oxygen atoms in total. The SMILES string of the molecule is OC(Cc1ccc(Br)cn1)c1ccc2c(c1)OCCO2. The summed E-state index contributed by atoms with van der Waals surface area (Å²) in [4.78, 5) is 4.27. The molecule has 1 atom stereocenters. The van der Waals surface area contributed by atoms with E-state index in [1.54, 1.807) is 6.20 Å². The second kappa shape index (κ2) is 5.81. The number of fused-ring (bicyclic) bond motifs is 1. The third-order valence-corrected chi connectivity index (χ3v) is 3.61. The highest BCUT2D eigenvalue weighted by Crippen LogP contribution is 2.33. The lowest BCUT2D eigenvalue weighted by atomic mass is 10.0. The average Bonchev–Trinajstić information content (AvgIpc) is 2.49. The predicted molar refractivity (Wildman–Crippen MR) is 78.0 cm³/mol. The number of pyridine rings is 1. The number of hydrogen-bond acceptors (Lipinski definition) is 4. The van der Waals surface area contributed by atoms with Gasteiger partial charge in [0.15, 0.2) is 11.5 Å². The van der Waals surface area contributed by atoms with Crippen LogP contribution in [0, 0.1) is 0 Å². The molecule has 0 saturated carbocycles. The third-order valence-electron chi connectivity index (χ3n) is 3.14. The highest BCUT2D eigenvalue weighted by molar-refractivity contribution is 9.10. The Bertz CT molecular complexity index is 601. The first-order valence-electron chi connectivity index (χ1n) is 6.40. The molecule has 0 radical (unpaired) electrons. The second-order valence-electron chi connectivity index (χ2n) is 4.59. The first-order chi connectivity index (χ1) is 9.72. The van der Waals surface area contributed by atoms with Crippen molar-refractivity contribution in [2.45, 2.75) is 12.5 Å². The number of aliphatic hydroxyl groups excluding tert-OH is 1. The van der Waals surface area contributed by atoms with Crippen LogP contribution in [0.25, 0.3) is 0 Å². The van der Waals surface area contributed by atoms with Gasteiger partial charge in [-0.25, -0.2) is 0 Å². The molecule has 0 saturated heterocycles. The molecular weight excluding hydrogens is 322 g/mol. The Morgan fingerprint density at radius 2 is 1.95 bits per heavy atom. The van der Waals surface area contributed by atoms with Gasteiger partial charge in [0.1, 0.15) is 13.2 Å². The van der Waals surface area contributed by atoms with Gasteiger partial charge in [-0.2, -0.15) is 0 Å². The lowest BCUT2D eigenvalue weighted by Gasteiger charge is -2.20. The van der Waals surface area contributed by atoms with E-state index in [1.807, 2.05) is 30.3 Å². The minimum atomic E-state index is -0.612. The summed E-state index contributed by atoms with van der Waals surface area (Å²) in [5.74, 6) is 1.42. The minimum Gasteiger partial charge on any atom is -0.486 e. The maximum Gasteiger partial charge on any atom is 0.161 e. The van der Waals surface area contributed by atoms with Crippen molar-refractivity contribution in [2.75, 3.05) is 13.2 Å². The highest BCUT2D eigenvalue weighted by Gasteiger charge is 2.16. The molecular formula is C15H14BrNO3. The van der Waals surface area contributed by atoms with Gasteiger partial charge in [-0.05, 0) is 45.8 Å². The molecule has 0 bridgehead atoms. The van der Waals surface area contributed by atoms with Crippen molar-refractivity contribution in [2.24, 2.45) is 0 Å². The van der Waals surface area contributed by atoms with E-state index in [1.165, 1.54) is 0 Å². The van der Waals surface area contributed by atoms with E-state index >= 15 is 0 Å². The summed E-state index contributed by atoms with van der Waals surface area (Å²) >= 11 is 3.34. The monoisotopic (exact) mass is 335 g/mol. The zero-order chi connectivity index (χ0) is 13.9. The predicted octanol–water partition coefficient (Wildman–Crippen LogP) is 2.89. The topological polar surface area (TPSA) is 51.6 Å². The highest BCUT2D eigenvalue weighted by atomic mass is 79.9. The molecule has 1 aliphatic heterocycles. The van der Waals surface area contributed by atoms with Crippen molar-refractivity contribution in [1.29, 1.82) is 0 Å². The molecule has 1 aromatic heterocycles. The van der Waals surface area contributed by atoms with Crippen LogP contribution in [0.4, 0.5) is 0 Å². The zero-order valence-electron chi connectivity index (χ0n) is 10.8. The molecule has 104 valence electrons. The maximum absolute atomic E-state index is 10.3. The number of benzene rings is 1. The Kier molecular flexibility index (Phi) is 3.89. The molecule has 1 N–H and O–H groups in total. The number of ether oxygens (including phenoxy) is 2. The van der Waals surface area contributed by atoms with Crippen molar-refractivity contribution < 1.29 is 14.6 Å². The molecule has 1 unspecified atom stereocenters. The van der Waals surface area contributed by atoms with Crippen molar-refractivity contribution >= 4 is 15.9 Å². The fourth-order valence-electron chi connectivity index (χ4n) is 2.11. The van der Waals surface area contributed by atoms with E-state index in [0.717, 1.165) is 21.5 Å². The summed E-state index contributed by atoms with van der Waals surface area (Å²) in [7, 11) is 0. The van der Waals surface area contributed by atoms with Crippen LogP contribution in [-0.2, 0) is 6.42 Å². The van der Waals surface area contributed by atoms with Crippen molar-refractivity contribution in [3.63, 3.8) is 0 Å². The Labute approximate surface area is 125 Å². The van der Waals surface area contributed by atoms with E-state index in [9.17, 15) is 5.11 Å². The first-order valence-corrected chi connectivity index (χ1v) is 7.20. The van der Waals surface area contributed by atoms with Crippen LogP contribution in [0.15, 0.2) is 41.0 Å². The molecule has 0 aliphatic carbocycles. The number of rotatable bonds is 3. The molecule has 0 amide bonds. The van der Waals surface area contributed by atoms with Gasteiger partial charge in [-0.1, -0.05) is 6.07 Å². The molecule has 0 spiro atoms. The summed E-state index contributed by atoms with van der Waals surface area (Å²) in [6.45, 7) is 1.11. The van der Waals surface area contributed by atoms with E-state index in [0.29, 0.717) is 25.4 Å². The molecule has 2 heterocycles. The number of nitrogens with zero attached hydrogens (tertiary/aromatic N) is 1. The van der Waals surface area contributed by atoms with Gasteiger partial charge in [-0.15, -0.1) is 0 Å². The largest absolute Gasteiger partial charge is 0.486 e. The molecule has 1 aliphatic rings. The minimum absolute atomic E-state index is 0.465. The fourth-order valence-corrected chi connectivity index (χ4v) is 2.34. The standard InChI is InChI=1S/C15H14BrNO3/c16-11-2-3-12(17-9-11)8-13(18)10-1-4-14-15(7-10)20-6-5-19-14/h1-4,7,9,13,18H,5-6,8H2. The normalized spacial score (nSPS) is 14.9. The molecule has 2 aromatic rings. The van der Waals surface area contributed by atoms with Crippen LogP contribution in [0.5, 0.6) is 11.5 Å². The van der Waals surface area contributed by atoms with Crippen LogP contribution >= 0.6 is 15.9 Å². The average molecular weight is 336 g/mol. The Balaban J connectivity index is 1.76. The summed E-state index contributed by atoms with van der Waals surface area (Å²) < 4.78 is 11.9. The Hall–Kier alpha value is -1.59. The van der Waals surface area contributed by atoms with Gasteiger partial charge in [-0.3, -0.25) is 4.98 Å². The molecule has 5 heteroatoms. The summed E-state index contributed by atoms with van der Waals surface area (Å²) in [5.41, 5.74) is 1.65. The number of halogens is 1. The quantitative estimate of drug-likeness (QED) is 0.936. The zero-order valence-corrected chi connectivity index (χ0v) is 12.3. The van der Waals surface area contributed by atoms with Crippen LogP contribution < -0.4 is 9.47 Å². The lowest BCUT2D eigenvalue weighted by molar-refractivity contribution is 0.164. The smallest absolute Gasteiger partial charge is 0.161 e. The van der Waals surface area contributed by atoms with E-state index in [2.05, 4.69) is 20.9 Å². The van der Waals surface area contributed by atoms with E-state index in [-0.39, 0.29) is 0 Å². The van der Waals surface area contributed by atoms with E-state index < -0.39 is 6.10 Å². The van der Waals surface area contributed by atoms with Crippen LogP contribution in [0.3, 0.4) is 0 Å². The van der Waals surface area contributed by atoms with Gasteiger partial charge < -0.3 is 14.6 Å². The molecule has 1 aromatic carbocycles. The molecule has 3 rings (SSSR count). The molecule has 20 heavy (non-hydrogen) atoms. The van der Waals surface area contributed by atoms with Crippen molar-refractivity contribution in [3.8, 4) is 11.5 Å². The maximum atomic E-state index is 10.3. The van der Waals surface area contributed by atoms with Gasteiger partial charge in [0.25, 0.3) is 0 Å². The van der Waals surface area contributed by atoms with Gasteiger partial charge >= 0.3 is 0 Å². The van der Waals surface area contributed by atoms with E-state index in [4.69, 9.17) is 9.47 Å². The molecule has 0 fully saturated rings.